The van der Waals surface area contributed by atoms with E-state index in [1.54, 1.807) is 0 Å². The van der Waals surface area contributed by atoms with E-state index in [-0.39, 0.29) is 5.54 Å². The maximum absolute atomic E-state index is 9.90. The Morgan fingerprint density at radius 2 is 2.35 bits per heavy atom. The summed E-state index contributed by atoms with van der Waals surface area (Å²) in [4.78, 5) is 1.25. The van der Waals surface area contributed by atoms with Crippen LogP contribution in [0.25, 0.3) is 0 Å². The minimum Gasteiger partial charge on any atom is -0.394 e. The molecule has 1 aromatic rings. The van der Waals surface area contributed by atoms with Crippen molar-refractivity contribution in [2.24, 2.45) is 13.0 Å². The molecule has 112 valence electrons. The first kappa shape index (κ1) is 14.4. The molecule has 1 heterocycles. The van der Waals surface area contributed by atoms with Crippen LogP contribution in [0.5, 0.6) is 0 Å². The van der Waals surface area contributed by atoms with Gasteiger partial charge in [-0.15, -0.1) is 11.8 Å². The van der Waals surface area contributed by atoms with Gasteiger partial charge in [0.15, 0.2) is 0 Å². The third kappa shape index (κ3) is 3.21. The monoisotopic (exact) mass is 295 g/mol. The van der Waals surface area contributed by atoms with Crippen molar-refractivity contribution in [3.05, 3.63) is 12.4 Å². The summed E-state index contributed by atoms with van der Waals surface area (Å²) < 4.78 is 1.85. The van der Waals surface area contributed by atoms with Crippen molar-refractivity contribution in [3.63, 3.8) is 0 Å². The Labute approximate surface area is 125 Å². The van der Waals surface area contributed by atoms with E-state index in [1.807, 2.05) is 29.7 Å². The first-order valence-electron chi connectivity index (χ1n) is 7.72. The fraction of sp³-hybridized carbons (Fsp3) is 0.800. The Bertz CT molecular complexity index is 446. The third-order valence-electron chi connectivity index (χ3n) is 4.72. The minimum atomic E-state index is 0.0106. The van der Waals surface area contributed by atoms with Gasteiger partial charge in [0.05, 0.1) is 12.8 Å². The number of nitrogens with zero attached hydrogens (tertiary/aromatic N) is 2. The zero-order valence-corrected chi connectivity index (χ0v) is 13.0. The maximum Gasteiger partial charge on any atom is 0.0625 e. The number of aliphatic hydroxyl groups excluding tert-OH is 1. The van der Waals surface area contributed by atoms with Gasteiger partial charge in [-0.25, -0.2) is 0 Å². The van der Waals surface area contributed by atoms with Gasteiger partial charge in [0, 0.05) is 29.7 Å². The van der Waals surface area contributed by atoms with Crippen LogP contribution in [0.2, 0.25) is 0 Å². The molecule has 2 atom stereocenters. The molecular weight excluding hydrogens is 270 g/mol. The van der Waals surface area contributed by atoms with Gasteiger partial charge < -0.3 is 10.4 Å². The summed E-state index contributed by atoms with van der Waals surface area (Å²) in [6, 6.07) is 0.675. The van der Waals surface area contributed by atoms with E-state index in [2.05, 4.69) is 16.6 Å². The Morgan fingerprint density at radius 3 is 3.00 bits per heavy atom. The standard InChI is InChI=1S/C15H25N3OS/c1-18-10-14(9-16-18)20-8-6-12-3-2-7-15(12,11-19)17-13-4-5-13/h9-10,12-13,17,19H,2-8,11H2,1H3. The number of thioether (sulfide) groups is 1. The fourth-order valence-corrected chi connectivity index (χ4v) is 4.42. The van der Waals surface area contributed by atoms with Gasteiger partial charge in [-0.05, 0) is 43.8 Å². The summed E-state index contributed by atoms with van der Waals surface area (Å²) in [6.07, 6.45) is 11.4. The summed E-state index contributed by atoms with van der Waals surface area (Å²) in [6.45, 7) is 0.297. The highest BCUT2D eigenvalue weighted by atomic mass is 32.2. The highest BCUT2D eigenvalue weighted by Gasteiger charge is 2.44. The minimum absolute atomic E-state index is 0.0106. The van der Waals surface area contributed by atoms with Crippen LogP contribution in [0.15, 0.2) is 17.3 Å². The number of hydrogen-bond donors (Lipinski definition) is 2. The molecule has 0 bridgehead atoms. The number of nitrogens with one attached hydrogen (secondary N) is 1. The van der Waals surface area contributed by atoms with Gasteiger partial charge in [0.25, 0.3) is 0 Å². The van der Waals surface area contributed by atoms with Gasteiger partial charge >= 0.3 is 0 Å². The smallest absolute Gasteiger partial charge is 0.0625 e. The van der Waals surface area contributed by atoms with Gasteiger partial charge in [-0.2, -0.15) is 5.10 Å². The number of aromatic nitrogens is 2. The van der Waals surface area contributed by atoms with Crippen LogP contribution >= 0.6 is 11.8 Å². The molecule has 2 unspecified atom stereocenters. The van der Waals surface area contributed by atoms with Crippen LogP contribution in [-0.2, 0) is 7.05 Å². The van der Waals surface area contributed by atoms with E-state index in [1.165, 1.54) is 37.0 Å². The van der Waals surface area contributed by atoms with Crippen molar-refractivity contribution < 1.29 is 5.11 Å². The third-order valence-corrected chi connectivity index (χ3v) is 5.71. The van der Waals surface area contributed by atoms with Crippen molar-refractivity contribution in [1.82, 2.24) is 15.1 Å². The van der Waals surface area contributed by atoms with E-state index in [0.717, 1.165) is 12.2 Å². The zero-order valence-electron chi connectivity index (χ0n) is 12.2. The lowest BCUT2D eigenvalue weighted by atomic mass is 9.85. The lowest BCUT2D eigenvalue weighted by Gasteiger charge is -2.35. The van der Waals surface area contributed by atoms with Gasteiger partial charge in [-0.3, -0.25) is 4.68 Å². The van der Waals surface area contributed by atoms with Crippen LogP contribution in [0.4, 0.5) is 0 Å². The molecule has 0 radical (unpaired) electrons. The second kappa shape index (κ2) is 6.08. The van der Waals surface area contributed by atoms with Crippen molar-refractivity contribution in [3.8, 4) is 0 Å². The number of aliphatic hydroxyl groups is 1. The summed E-state index contributed by atoms with van der Waals surface area (Å²) in [5.41, 5.74) is 0.0106. The molecule has 20 heavy (non-hydrogen) atoms. The van der Waals surface area contributed by atoms with E-state index in [4.69, 9.17) is 0 Å². The summed E-state index contributed by atoms with van der Waals surface area (Å²) in [7, 11) is 1.96. The van der Waals surface area contributed by atoms with Crippen LogP contribution in [-0.4, -0.2) is 38.8 Å². The Kier molecular flexibility index (Phi) is 4.38. The van der Waals surface area contributed by atoms with Crippen molar-refractivity contribution >= 4 is 11.8 Å². The number of aryl methyl sites for hydroxylation is 1. The normalized spacial score (nSPS) is 30.0. The molecule has 4 nitrogen and oxygen atoms in total. The van der Waals surface area contributed by atoms with Crippen LogP contribution in [0.3, 0.4) is 0 Å². The van der Waals surface area contributed by atoms with Crippen molar-refractivity contribution in [1.29, 1.82) is 0 Å². The molecule has 2 saturated carbocycles. The SMILES string of the molecule is Cn1cc(SCCC2CCCC2(CO)NC2CC2)cn1. The van der Waals surface area contributed by atoms with Gasteiger partial charge in [0.1, 0.15) is 0 Å². The average molecular weight is 295 g/mol. The van der Waals surface area contributed by atoms with E-state index in [9.17, 15) is 5.11 Å². The summed E-state index contributed by atoms with van der Waals surface area (Å²) in [5.74, 6) is 1.74. The molecule has 0 saturated heterocycles. The van der Waals surface area contributed by atoms with Crippen LogP contribution in [0, 0.1) is 5.92 Å². The first-order chi connectivity index (χ1) is 9.72. The molecule has 0 aliphatic heterocycles. The topological polar surface area (TPSA) is 50.1 Å². The van der Waals surface area contributed by atoms with E-state index >= 15 is 0 Å². The highest BCUT2D eigenvalue weighted by Crippen LogP contribution is 2.41. The predicted octanol–water partition coefficient (Wildman–Crippen LogP) is 2.19. The molecule has 0 aromatic carbocycles. The summed E-state index contributed by atoms with van der Waals surface area (Å²) in [5, 5.41) is 17.8. The molecule has 2 aliphatic rings. The molecule has 1 aromatic heterocycles. The second-order valence-corrected chi connectivity index (χ2v) is 7.48. The Morgan fingerprint density at radius 1 is 1.50 bits per heavy atom. The molecule has 2 fully saturated rings. The molecule has 5 heteroatoms. The molecule has 2 N–H and O–H groups in total. The predicted molar refractivity (Wildman–Crippen MR) is 81.9 cm³/mol. The molecule has 3 rings (SSSR count). The average Bonchev–Trinajstić information content (AvgIpc) is 3.01. The van der Waals surface area contributed by atoms with Crippen LogP contribution < -0.4 is 5.32 Å². The number of hydrogen-bond acceptors (Lipinski definition) is 4. The fourth-order valence-electron chi connectivity index (χ4n) is 3.44. The van der Waals surface area contributed by atoms with Crippen molar-refractivity contribution in [2.75, 3.05) is 12.4 Å². The van der Waals surface area contributed by atoms with Gasteiger partial charge in [-0.1, -0.05) is 6.42 Å². The molecule has 0 spiro atoms. The zero-order chi connectivity index (χ0) is 14.0. The molecule has 0 amide bonds. The lowest BCUT2D eigenvalue weighted by Crippen LogP contribution is -2.52. The largest absolute Gasteiger partial charge is 0.394 e. The summed E-state index contributed by atoms with van der Waals surface area (Å²) >= 11 is 1.88. The van der Waals surface area contributed by atoms with E-state index in [0.29, 0.717) is 18.6 Å². The number of rotatable bonds is 7. The van der Waals surface area contributed by atoms with E-state index < -0.39 is 0 Å². The lowest BCUT2D eigenvalue weighted by molar-refractivity contribution is 0.120. The van der Waals surface area contributed by atoms with Gasteiger partial charge in [0.2, 0.25) is 0 Å². The Balaban J connectivity index is 1.52. The molecule has 2 aliphatic carbocycles. The maximum atomic E-state index is 9.90. The first-order valence-corrected chi connectivity index (χ1v) is 8.70. The second-order valence-electron chi connectivity index (χ2n) is 6.31. The van der Waals surface area contributed by atoms with Crippen molar-refractivity contribution in [2.45, 2.75) is 55.0 Å². The quantitative estimate of drug-likeness (QED) is 0.757. The highest BCUT2D eigenvalue weighted by molar-refractivity contribution is 7.99. The molecular formula is C15H25N3OS. The van der Waals surface area contributed by atoms with Crippen LogP contribution in [0.1, 0.15) is 38.5 Å². The Hall–Kier alpha value is -0.520.